The second kappa shape index (κ2) is 5.93. The molecule has 0 aliphatic carbocycles. The number of nitrogens with zero attached hydrogens (tertiary/aromatic N) is 1. The molecule has 0 aliphatic rings. The van der Waals surface area contributed by atoms with Crippen LogP contribution >= 0.6 is 23.1 Å². The summed E-state index contributed by atoms with van der Waals surface area (Å²) in [5.41, 5.74) is 8.57. The zero-order chi connectivity index (χ0) is 12.1. The van der Waals surface area contributed by atoms with Crippen molar-refractivity contribution in [2.24, 2.45) is 0 Å². The van der Waals surface area contributed by atoms with E-state index >= 15 is 0 Å². The van der Waals surface area contributed by atoms with Gasteiger partial charge in [-0.3, -0.25) is 4.98 Å². The summed E-state index contributed by atoms with van der Waals surface area (Å²) in [6, 6.07) is 5.78. The van der Waals surface area contributed by atoms with Gasteiger partial charge in [0.25, 0.3) is 0 Å². The molecule has 5 heteroatoms. The Morgan fingerprint density at radius 2 is 2.35 bits per heavy atom. The van der Waals surface area contributed by atoms with Crippen molar-refractivity contribution in [1.82, 2.24) is 4.98 Å². The number of rotatable bonds is 5. The number of nitrogens with two attached hydrogens (primary N) is 1. The van der Waals surface area contributed by atoms with E-state index in [1.165, 1.54) is 4.88 Å². The fraction of sp³-hybridized carbons (Fsp3) is 0.250. The summed E-state index contributed by atoms with van der Waals surface area (Å²) < 4.78 is 5.46. The van der Waals surface area contributed by atoms with Crippen LogP contribution in [0, 0.1) is 0 Å². The molecule has 2 rings (SSSR count). The van der Waals surface area contributed by atoms with Gasteiger partial charge >= 0.3 is 0 Å². The van der Waals surface area contributed by atoms with Gasteiger partial charge < -0.3 is 10.5 Å². The summed E-state index contributed by atoms with van der Waals surface area (Å²) >= 11 is 3.37. The number of nitrogen functional groups attached to an aromatic ring is 1. The van der Waals surface area contributed by atoms with E-state index in [0.29, 0.717) is 6.61 Å². The largest absolute Gasteiger partial charge is 0.494 e. The predicted molar refractivity (Wildman–Crippen MR) is 73.7 cm³/mol. The van der Waals surface area contributed by atoms with Crippen molar-refractivity contribution in [2.75, 3.05) is 12.3 Å². The van der Waals surface area contributed by atoms with E-state index in [2.05, 4.69) is 4.98 Å². The molecule has 0 saturated heterocycles. The molecular weight excluding hydrogens is 252 g/mol. The van der Waals surface area contributed by atoms with Gasteiger partial charge in [-0.25, -0.2) is 0 Å². The minimum absolute atomic E-state index is 0.670. The molecule has 2 aromatic rings. The molecule has 90 valence electrons. The Labute approximate surface area is 109 Å². The lowest BCUT2D eigenvalue weighted by atomic mass is 10.3. The first-order valence-corrected chi connectivity index (χ1v) is 7.18. The number of hydrogen-bond acceptors (Lipinski definition) is 5. The van der Waals surface area contributed by atoms with Gasteiger partial charge in [-0.2, -0.15) is 0 Å². The zero-order valence-electron chi connectivity index (χ0n) is 9.55. The fourth-order valence-corrected chi connectivity index (χ4v) is 2.99. The van der Waals surface area contributed by atoms with Gasteiger partial charge in [0.2, 0.25) is 0 Å². The van der Waals surface area contributed by atoms with Crippen LogP contribution in [0.1, 0.15) is 11.8 Å². The SMILES string of the molecule is CCOc1ccc(N)c(SCc2cncs2)c1. The standard InChI is InChI=1S/C12H14N2OS2/c1-2-15-9-3-4-11(13)12(5-9)16-7-10-6-14-8-17-10/h3-6,8H,2,7,13H2,1H3. The molecule has 1 heterocycles. The summed E-state index contributed by atoms with van der Waals surface area (Å²) in [6.07, 6.45) is 1.89. The Morgan fingerprint density at radius 1 is 1.47 bits per heavy atom. The molecule has 0 atom stereocenters. The van der Waals surface area contributed by atoms with Crippen LogP contribution in [0.25, 0.3) is 0 Å². The summed E-state index contributed by atoms with van der Waals surface area (Å²) in [4.78, 5) is 6.36. The molecule has 0 spiro atoms. The van der Waals surface area contributed by atoms with Crippen molar-refractivity contribution in [3.63, 3.8) is 0 Å². The van der Waals surface area contributed by atoms with Gasteiger partial charge in [0.15, 0.2) is 0 Å². The molecule has 0 fully saturated rings. The van der Waals surface area contributed by atoms with Gasteiger partial charge in [0, 0.05) is 27.4 Å². The van der Waals surface area contributed by atoms with Crippen LogP contribution in [0.5, 0.6) is 5.75 Å². The highest BCUT2D eigenvalue weighted by Gasteiger charge is 2.04. The number of hydrogen-bond donors (Lipinski definition) is 1. The molecule has 0 saturated carbocycles. The molecule has 0 amide bonds. The third-order valence-corrected chi connectivity index (χ3v) is 4.23. The lowest BCUT2D eigenvalue weighted by Gasteiger charge is -2.08. The molecule has 1 aromatic heterocycles. The zero-order valence-corrected chi connectivity index (χ0v) is 11.2. The van der Waals surface area contributed by atoms with Crippen LogP contribution in [0.15, 0.2) is 34.8 Å². The Balaban J connectivity index is 2.06. The van der Waals surface area contributed by atoms with E-state index in [0.717, 1.165) is 22.1 Å². The van der Waals surface area contributed by atoms with Gasteiger partial charge in [-0.1, -0.05) is 0 Å². The third-order valence-electron chi connectivity index (χ3n) is 2.15. The number of thioether (sulfide) groups is 1. The first kappa shape index (κ1) is 12.3. The monoisotopic (exact) mass is 266 g/mol. The quantitative estimate of drug-likeness (QED) is 0.665. The molecule has 2 N–H and O–H groups in total. The molecule has 1 aromatic carbocycles. The predicted octanol–water partition coefficient (Wildman–Crippen LogP) is 3.42. The first-order valence-electron chi connectivity index (χ1n) is 5.32. The van der Waals surface area contributed by atoms with Gasteiger partial charge in [0.1, 0.15) is 5.75 Å². The van der Waals surface area contributed by atoms with Gasteiger partial charge in [-0.15, -0.1) is 23.1 Å². The molecule has 17 heavy (non-hydrogen) atoms. The lowest BCUT2D eigenvalue weighted by Crippen LogP contribution is -1.94. The molecule has 0 bridgehead atoms. The Kier molecular flexibility index (Phi) is 4.28. The highest BCUT2D eigenvalue weighted by atomic mass is 32.2. The number of thiazole rings is 1. The fourth-order valence-electron chi connectivity index (χ4n) is 1.36. The highest BCUT2D eigenvalue weighted by Crippen LogP contribution is 2.32. The average Bonchev–Trinajstić information content (AvgIpc) is 2.83. The van der Waals surface area contributed by atoms with Crippen LogP contribution in [0.4, 0.5) is 5.69 Å². The second-order valence-corrected chi connectivity index (χ2v) is 5.38. The maximum Gasteiger partial charge on any atom is 0.120 e. The smallest absolute Gasteiger partial charge is 0.120 e. The Morgan fingerprint density at radius 3 is 3.06 bits per heavy atom. The normalized spacial score (nSPS) is 10.4. The van der Waals surface area contributed by atoms with E-state index in [1.807, 2.05) is 36.8 Å². The second-order valence-electron chi connectivity index (χ2n) is 3.39. The van der Waals surface area contributed by atoms with Crippen LogP contribution in [0.2, 0.25) is 0 Å². The van der Waals surface area contributed by atoms with Crippen molar-refractivity contribution < 1.29 is 4.74 Å². The number of aromatic nitrogens is 1. The molecule has 3 nitrogen and oxygen atoms in total. The molecule has 0 aliphatic heterocycles. The summed E-state index contributed by atoms with van der Waals surface area (Å²) in [5.74, 6) is 1.76. The minimum Gasteiger partial charge on any atom is -0.494 e. The van der Waals surface area contributed by atoms with Gasteiger partial charge in [0.05, 0.1) is 12.1 Å². The van der Waals surface area contributed by atoms with E-state index in [-0.39, 0.29) is 0 Å². The summed E-state index contributed by atoms with van der Waals surface area (Å²) in [7, 11) is 0. The molecular formula is C12H14N2OS2. The topological polar surface area (TPSA) is 48.1 Å². The molecule has 0 unspecified atom stereocenters. The summed E-state index contributed by atoms with van der Waals surface area (Å²) in [5, 5.41) is 0. The maximum atomic E-state index is 5.94. The number of ether oxygens (including phenoxy) is 1. The van der Waals surface area contributed by atoms with E-state index in [9.17, 15) is 0 Å². The van der Waals surface area contributed by atoms with Crippen molar-refractivity contribution >= 4 is 28.8 Å². The van der Waals surface area contributed by atoms with Crippen molar-refractivity contribution in [3.8, 4) is 5.75 Å². The lowest BCUT2D eigenvalue weighted by molar-refractivity contribution is 0.339. The van der Waals surface area contributed by atoms with E-state index < -0.39 is 0 Å². The van der Waals surface area contributed by atoms with Crippen molar-refractivity contribution in [3.05, 3.63) is 34.8 Å². The summed E-state index contributed by atoms with van der Waals surface area (Å²) in [6.45, 7) is 2.64. The minimum atomic E-state index is 0.670. The van der Waals surface area contributed by atoms with Crippen LogP contribution in [-0.2, 0) is 5.75 Å². The average molecular weight is 266 g/mol. The molecule has 0 radical (unpaired) electrons. The van der Waals surface area contributed by atoms with Crippen LogP contribution < -0.4 is 10.5 Å². The van der Waals surface area contributed by atoms with E-state index in [1.54, 1.807) is 23.1 Å². The Bertz CT molecular complexity index is 471. The Hall–Kier alpha value is -1.20. The number of anilines is 1. The first-order chi connectivity index (χ1) is 8.29. The highest BCUT2D eigenvalue weighted by molar-refractivity contribution is 7.98. The van der Waals surface area contributed by atoms with Crippen LogP contribution in [-0.4, -0.2) is 11.6 Å². The van der Waals surface area contributed by atoms with E-state index in [4.69, 9.17) is 10.5 Å². The van der Waals surface area contributed by atoms with Gasteiger partial charge in [-0.05, 0) is 25.1 Å². The third kappa shape index (κ3) is 3.38. The number of benzene rings is 1. The van der Waals surface area contributed by atoms with Crippen molar-refractivity contribution in [2.45, 2.75) is 17.6 Å². The van der Waals surface area contributed by atoms with Crippen LogP contribution in [0.3, 0.4) is 0 Å². The maximum absolute atomic E-state index is 5.94. The van der Waals surface area contributed by atoms with Crippen molar-refractivity contribution in [1.29, 1.82) is 0 Å².